The molecule has 136 valence electrons. The van der Waals surface area contributed by atoms with Crippen molar-refractivity contribution in [2.24, 2.45) is 5.92 Å². The Kier molecular flexibility index (Phi) is 5.58. The summed E-state index contributed by atoms with van der Waals surface area (Å²) in [6.07, 6.45) is 3.16. The Morgan fingerprint density at radius 3 is 2.68 bits per heavy atom. The molecule has 0 aromatic heterocycles. The van der Waals surface area contributed by atoms with E-state index >= 15 is 0 Å². The van der Waals surface area contributed by atoms with Gasteiger partial charge in [0.2, 0.25) is 0 Å². The summed E-state index contributed by atoms with van der Waals surface area (Å²) in [6, 6.07) is 8.22. The maximum Gasteiger partial charge on any atom is 0.324 e. The fourth-order valence-corrected chi connectivity index (χ4v) is 3.86. The molecule has 1 aromatic carbocycles. The van der Waals surface area contributed by atoms with Crippen LogP contribution in [0.1, 0.15) is 24.8 Å². The minimum atomic E-state index is -0.208. The number of piperidine rings is 1. The predicted molar refractivity (Wildman–Crippen MR) is 94.6 cm³/mol. The van der Waals surface area contributed by atoms with Crippen LogP contribution in [0.25, 0.3) is 0 Å². The molecule has 0 N–H and O–H groups in total. The smallest absolute Gasteiger partial charge is 0.324 e. The number of hydrogen-bond donors (Lipinski definition) is 0. The lowest BCUT2D eigenvalue weighted by molar-refractivity contribution is -0.140. The molecule has 0 radical (unpaired) electrons. The van der Waals surface area contributed by atoms with Gasteiger partial charge in [-0.25, -0.2) is 4.79 Å². The molecule has 2 atom stereocenters. The van der Waals surface area contributed by atoms with E-state index in [1.165, 1.54) is 7.11 Å². The number of amides is 2. The number of aryl methyl sites for hydroxylation is 1. The van der Waals surface area contributed by atoms with Crippen LogP contribution in [-0.2, 0) is 20.7 Å². The number of nitrogens with zero attached hydrogens (tertiary/aromatic N) is 2. The second-order valence-electron chi connectivity index (χ2n) is 6.75. The zero-order chi connectivity index (χ0) is 17.8. The maximum atomic E-state index is 12.8. The fraction of sp³-hybridized carbons (Fsp3) is 0.579. The van der Waals surface area contributed by atoms with Crippen molar-refractivity contribution in [1.29, 1.82) is 0 Å². The molecule has 6 heteroatoms. The van der Waals surface area contributed by atoms with Crippen molar-refractivity contribution in [3.8, 4) is 0 Å². The first-order valence-corrected chi connectivity index (χ1v) is 8.87. The molecule has 1 aromatic rings. The third kappa shape index (κ3) is 3.79. The highest BCUT2D eigenvalue weighted by atomic mass is 16.5. The first kappa shape index (κ1) is 17.7. The quantitative estimate of drug-likeness (QED) is 0.743. The Bertz CT molecular complexity index is 614. The number of benzene rings is 1. The van der Waals surface area contributed by atoms with Crippen LogP contribution in [0.4, 0.5) is 10.5 Å². The van der Waals surface area contributed by atoms with Crippen LogP contribution in [0.2, 0.25) is 0 Å². The Labute approximate surface area is 148 Å². The number of urea groups is 1. The summed E-state index contributed by atoms with van der Waals surface area (Å²) in [4.78, 5) is 27.9. The minimum absolute atomic E-state index is 0.0908. The summed E-state index contributed by atoms with van der Waals surface area (Å²) >= 11 is 0. The van der Waals surface area contributed by atoms with Crippen molar-refractivity contribution >= 4 is 17.7 Å². The third-order valence-electron chi connectivity index (χ3n) is 5.24. The molecule has 0 saturated carbocycles. The van der Waals surface area contributed by atoms with Gasteiger partial charge in [-0.2, -0.15) is 0 Å². The predicted octanol–water partition coefficient (Wildman–Crippen LogP) is 2.46. The van der Waals surface area contributed by atoms with E-state index in [1.807, 2.05) is 34.1 Å². The minimum Gasteiger partial charge on any atom is -0.469 e. The molecule has 2 aliphatic rings. The van der Waals surface area contributed by atoms with Crippen LogP contribution in [0.5, 0.6) is 0 Å². The van der Waals surface area contributed by atoms with Crippen LogP contribution >= 0.6 is 0 Å². The SMILES string of the molecule is COCC1CCCN2C(=O)N(c3ccc(CCC(=O)OC)cc3)CC12. The summed E-state index contributed by atoms with van der Waals surface area (Å²) in [5.74, 6) is 0.201. The highest BCUT2D eigenvalue weighted by Crippen LogP contribution is 2.33. The van der Waals surface area contributed by atoms with Gasteiger partial charge in [-0.1, -0.05) is 12.1 Å². The topological polar surface area (TPSA) is 59.1 Å². The van der Waals surface area contributed by atoms with Gasteiger partial charge in [-0.3, -0.25) is 9.69 Å². The fourth-order valence-electron chi connectivity index (χ4n) is 3.86. The van der Waals surface area contributed by atoms with E-state index in [0.29, 0.717) is 31.9 Å². The highest BCUT2D eigenvalue weighted by molar-refractivity contribution is 5.94. The lowest BCUT2D eigenvalue weighted by Gasteiger charge is -2.34. The highest BCUT2D eigenvalue weighted by Gasteiger charge is 2.43. The Hall–Kier alpha value is -2.08. The Morgan fingerprint density at radius 2 is 2.00 bits per heavy atom. The second kappa shape index (κ2) is 7.87. The molecular weight excluding hydrogens is 320 g/mol. The van der Waals surface area contributed by atoms with E-state index < -0.39 is 0 Å². The van der Waals surface area contributed by atoms with Crippen LogP contribution in [0, 0.1) is 5.92 Å². The summed E-state index contributed by atoms with van der Waals surface area (Å²) in [7, 11) is 3.12. The van der Waals surface area contributed by atoms with E-state index in [9.17, 15) is 9.59 Å². The van der Waals surface area contributed by atoms with Crippen molar-refractivity contribution in [3.05, 3.63) is 29.8 Å². The first-order valence-electron chi connectivity index (χ1n) is 8.87. The van der Waals surface area contributed by atoms with Crippen molar-refractivity contribution in [2.75, 3.05) is 38.8 Å². The van der Waals surface area contributed by atoms with Gasteiger partial charge in [0.05, 0.1) is 19.8 Å². The molecule has 3 rings (SSSR count). The molecule has 0 aliphatic carbocycles. The molecule has 6 nitrogen and oxygen atoms in total. The largest absolute Gasteiger partial charge is 0.469 e. The van der Waals surface area contributed by atoms with Crippen molar-refractivity contribution in [3.63, 3.8) is 0 Å². The van der Waals surface area contributed by atoms with E-state index in [4.69, 9.17) is 4.74 Å². The number of hydrogen-bond acceptors (Lipinski definition) is 4. The lowest BCUT2D eigenvalue weighted by Crippen LogP contribution is -2.45. The number of ether oxygens (including phenoxy) is 2. The molecule has 2 heterocycles. The monoisotopic (exact) mass is 346 g/mol. The Morgan fingerprint density at radius 1 is 1.24 bits per heavy atom. The molecule has 0 bridgehead atoms. The van der Waals surface area contributed by atoms with E-state index in [1.54, 1.807) is 7.11 Å². The van der Waals surface area contributed by atoms with Gasteiger partial charge >= 0.3 is 12.0 Å². The van der Waals surface area contributed by atoms with Crippen molar-refractivity contribution in [2.45, 2.75) is 31.7 Å². The van der Waals surface area contributed by atoms with Gasteiger partial charge in [-0.05, 0) is 37.0 Å². The Balaban J connectivity index is 1.67. The number of esters is 1. The third-order valence-corrected chi connectivity index (χ3v) is 5.24. The molecule has 2 aliphatic heterocycles. The normalized spacial score (nSPS) is 22.9. The molecule has 0 spiro atoms. The number of rotatable bonds is 6. The second-order valence-corrected chi connectivity index (χ2v) is 6.75. The summed E-state index contributed by atoms with van der Waals surface area (Å²) < 4.78 is 10.0. The van der Waals surface area contributed by atoms with Crippen LogP contribution in [0.3, 0.4) is 0 Å². The maximum absolute atomic E-state index is 12.8. The van der Waals surface area contributed by atoms with Gasteiger partial charge in [-0.15, -0.1) is 0 Å². The number of fused-ring (bicyclic) bond motifs is 1. The number of anilines is 1. The van der Waals surface area contributed by atoms with E-state index in [2.05, 4.69) is 4.74 Å². The van der Waals surface area contributed by atoms with Crippen molar-refractivity contribution < 1.29 is 19.1 Å². The zero-order valence-electron chi connectivity index (χ0n) is 14.9. The molecule has 2 amide bonds. The summed E-state index contributed by atoms with van der Waals surface area (Å²) in [5, 5.41) is 0. The number of carbonyl (C=O) groups excluding carboxylic acids is 2. The first-order chi connectivity index (χ1) is 12.1. The lowest BCUT2D eigenvalue weighted by atomic mass is 9.91. The van der Waals surface area contributed by atoms with Gasteiger partial charge < -0.3 is 14.4 Å². The van der Waals surface area contributed by atoms with Crippen LogP contribution in [0.15, 0.2) is 24.3 Å². The molecule has 25 heavy (non-hydrogen) atoms. The van der Waals surface area contributed by atoms with Crippen LogP contribution in [-0.4, -0.2) is 56.9 Å². The van der Waals surface area contributed by atoms with Gasteiger partial charge in [0.15, 0.2) is 0 Å². The summed E-state index contributed by atoms with van der Waals surface area (Å²) in [6.45, 7) is 2.25. The van der Waals surface area contributed by atoms with Gasteiger partial charge in [0, 0.05) is 38.2 Å². The average Bonchev–Trinajstić information content (AvgIpc) is 2.98. The number of carbonyl (C=O) groups is 2. The van der Waals surface area contributed by atoms with Gasteiger partial charge in [0.1, 0.15) is 0 Å². The van der Waals surface area contributed by atoms with Gasteiger partial charge in [0.25, 0.3) is 0 Å². The molecular formula is C19H26N2O4. The summed E-state index contributed by atoms with van der Waals surface area (Å²) in [5.41, 5.74) is 1.98. The van der Waals surface area contributed by atoms with E-state index in [0.717, 1.165) is 30.6 Å². The zero-order valence-corrected chi connectivity index (χ0v) is 14.9. The molecule has 2 saturated heterocycles. The average molecular weight is 346 g/mol. The standard InChI is InChI=1S/C19H26N2O4/c1-24-13-15-4-3-11-20-17(15)12-21(19(20)23)16-8-5-14(6-9-16)7-10-18(22)25-2/h5-6,8-9,15,17H,3-4,7,10-13H2,1-2H3. The van der Waals surface area contributed by atoms with Crippen molar-refractivity contribution in [1.82, 2.24) is 4.90 Å². The number of methoxy groups -OCH3 is 2. The molecule has 2 fully saturated rings. The van der Waals surface area contributed by atoms with E-state index in [-0.39, 0.29) is 18.0 Å². The van der Waals surface area contributed by atoms with Crippen LogP contribution < -0.4 is 4.90 Å². The molecule has 2 unspecified atom stereocenters.